The summed E-state index contributed by atoms with van der Waals surface area (Å²) in [5.41, 5.74) is 0. The summed E-state index contributed by atoms with van der Waals surface area (Å²) in [7, 11) is 0. The Morgan fingerprint density at radius 3 is 2.45 bits per heavy atom. The number of ether oxygens (including phenoxy) is 1. The lowest BCUT2D eigenvalue weighted by atomic mass is 10.1. The largest absolute Gasteiger partial charge is 0.369 e. The van der Waals surface area contributed by atoms with Crippen LogP contribution in [0.4, 0.5) is 0 Å². The van der Waals surface area contributed by atoms with Crippen LogP contribution in [-0.4, -0.2) is 32.8 Å². The Balaban J connectivity index is 2.05. The lowest BCUT2D eigenvalue weighted by Gasteiger charge is -2.17. The van der Waals surface area contributed by atoms with Gasteiger partial charge in [0.25, 0.3) is 0 Å². The van der Waals surface area contributed by atoms with E-state index in [2.05, 4.69) is 18.7 Å². The first-order chi connectivity index (χ1) is 5.29. The van der Waals surface area contributed by atoms with Gasteiger partial charge in [-0.15, -0.1) is 0 Å². The molecule has 0 spiro atoms. The lowest BCUT2D eigenvalue weighted by Crippen LogP contribution is -2.42. The highest BCUT2D eigenvalue weighted by Gasteiger charge is 2.18. The van der Waals surface area contributed by atoms with Gasteiger partial charge in [-0.3, -0.25) is 0 Å². The quantitative estimate of drug-likeness (QED) is 0.562. The van der Waals surface area contributed by atoms with Crippen LogP contribution >= 0.6 is 0 Å². The van der Waals surface area contributed by atoms with Crippen molar-refractivity contribution in [1.82, 2.24) is 4.90 Å². The van der Waals surface area contributed by atoms with Gasteiger partial charge in [0.1, 0.15) is 32.8 Å². The standard InChI is InChI=1S/C9H19NO/c1-9(2)3-4-10-5-7-11-8-6-10/h9H,3-8H2,1-2H3/q+1. The summed E-state index contributed by atoms with van der Waals surface area (Å²) in [6.07, 6.45) is 1.32. The zero-order chi connectivity index (χ0) is 8.10. The van der Waals surface area contributed by atoms with Crippen molar-refractivity contribution in [2.24, 2.45) is 5.92 Å². The number of hydrogen-bond donors (Lipinski definition) is 0. The summed E-state index contributed by atoms with van der Waals surface area (Å²) in [6.45, 7) is 9.93. The fraction of sp³-hybridized carbons (Fsp3) is 1.00. The summed E-state index contributed by atoms with van der Waals surface area (Å²) in [5.74, 6) is 0.831. The van der Waals surface area contributed by atoms with Gasteiger partial charge in [0.05, 0.1) is 0 Å². The molecule has 2 heteroatoms. The van der Waals surface area contributed by atoms with Crippen LogP contribution < -0.4 is 4.90 Å². The minimum absolute atomic E-state index is 0.831. The van der Waals surface area contributed by atoms with Gasteiger partial charge < -0.3 is 4.74 Å². The Labute approximate surface area is 69.5 Å². The second kappa shape index (κ2) is 4.73. The summed E-state index contributed by atoms with van der Waals surface area (Å²) >= 11 is 0. The average molecular weight is 157 g/mol. The van der Waals surface area contributed by atoms with Gasteiger partial charge in [0.2, 0.25) is 0 Å². The molecule has 0 unspecified atom stereocenters. The molecule has 1 saturated heterocycles. The van der Waals surface area contributed by atoms with E-state index in [1.807, 2.05) is 0 Å². The van der Waals surface area contributed by atoms with Gasteiger partial charge in [-0.2, -0.15) is 4.90 Å². The van der Waals surface area contributed by atoms with Crippen LogP contribution in [0.5, 0.6) is 0 Å². The van der Waals surface area contributed by atoms with Crippen LogP contribution in [0.2, 0.25) is 0 Å². The molecular formula is C9H19NO+. The summed E-state index contributed by atoms with van der Waals surface area (Å²) in [5, 5.41) is 0. The Bertz CT molecular complexity index is 97.7. The Kier molecular flexibility index (Phi) is 3.87. The number of rotatable bonds is 3. The Morgan fingerprint density at radius 1 is 1.27 bits per heavy atom. The minimum atomic E-state index is 0.831. The Hall–Kier alpha value is -0.0800. The monoisotopic (exact) mass is 157 g/mol. The van der Waals surface area contributed by atoms with Crippen LogP contribution in [0.1, 0.15) is 20.3 Å². The molecule has 1 fully saturated rings. The highest BCUT2D eigenvalue weighted by atomic mass is 16.5. The third-order valence-electron chi connectivity index (χ3n) is 2.13. The molecule has 0 aliphatic carbocycles. The van der Waals surface area contributed by atoms with E-state index in [1.54, 1.807) is 0 Å². The van der Waals surface area contributed by atoms with E-state index in [0.717, 1.165) is 32.2 Å². The predicted octanol–water partition coefficient (Wildman–Crippen LogP) is 1.20. The smallest absolute Gasteiger partial charge is 0.146 e. The second-order valence-corrected chi connectivity index (χ2v) is 3.64. The zero-order valence-electron chi connectivity index (χ0n) is 7.68. The number of nitrogens with zero attached hydrogens (tertiary/aromatic N) is 1. The van der Waals surface area contributed by atoms with E-state index >= 15 is 0 Å². The van der Waals surface area contributed by atoms with Gasteiger partial charge in [-0.05, 0) is 5.92 Å². The fourth-order valence-corrected chi connectivity index (χ4v) is 1.27. The highest BCUT2D eigenvalue weighted by molar-refractivity contribution is 4.67. The Morgan fingerprint density at radius 2 is 1.91 bits per heavy atom. The van der Waals surface area contributed by atoms with Crippen molar-refractivity contribution in [3.8, 4) is 0 Å². The first kappa shape index (κ1) is 9.01. The summed E-state index contributed by atoms with van der Waals surface area (Å²) in [6, 6.07) is 0. The molecule has 0 aromatic carbocycles. The first-order valence-corrected chi connectivity index (χ1v) is 4.59. The maximum Gasteiger partial charge on any atom is 0.146 e. The molecule has 1 aliphatic rings. The molecule has 1 rings (SSSR count). The number of morpholine rings is 1. The van der Waals surface area contributed by atoms with E-state index in [9.17, 15) is 0 Å². The van der Waals surface area contributed by atoms with Crippen molar-refractivity contribution < 1.29 is 4.74 Å². The highest BCUT2D eigenvalue weighted by Crippen LogP contribution is 2.01. The van der Waals surface area contributed by atoms with Crippen molar-refractivity contribution in [3.63, 3.8) is 0 Å². The molecular weight excluding hydrogens is 138 g/mol. The van der Waals surface area contributed by atoms with Crippen LogP contribution in [0.15, 0.2) is 0 Å². The van der Waals surface area contributed by atoms with Gasteiger partial charge >= 0.3 is 0 Å². The SMILES string of the molecule is CC(C)CC[N+]1CCOCC1. The van der Waals surface area contributed by atoms with Crippen LogP contribution in [0, 0.1) is 5.92 Å². The normalized spacial score (nSPS) is 21.0. The van der Waals surface area contributed by atoms with Gasteiger partial charge in [-0.1, -0.05) is 13.8 Å². The zero-order valence-corrected chi connectivity index (χ0v) is 7.68. The molecule has 2 nitrogen and oxygen atoms in total. The molecule has 0 bridgehead atoms. The van der Waals surface area contributed by atoms with E-state index in [0.29, 0.717) is 0 Å². The van der Waals surface area contributed by atoms with Crippen LogP contribution in [0.3, 0.4) is 0 Å². The second-order valence-electron chi connectivity index (χ2n) is 3.64. The van der Waals surface area contributed by atoms with Gasteiger partial charge in [-0.25, -0.2) is 0 Å². The van der Waals surface area contributed by atoms with Crippen LogP contribution in [0.25, 0.3) is 0 Å². The first-order valence-electron chi connectivity index (χ1n) is 4.59. The molecule has 0 N–H and O–H groups in total. The summed E-state index contributed by atoms with van der Waals surface area (Å²) in [4.78, 5) is 2.49. The van der Waals surface area contributed by atoms with Crippen molar-refractivity contribution in [3.05, 3.63) is 0 Å². The third kappa shape index (κ3) is 3.73. The molecule has 0 aromatic rings. The molecule has 11 heavy (non-hydrogen) atoms. The van der Waals surface area contributed by atoms with E-state index in [1.165, 1.54) is 13.0 Å². The lowest BCUT2D eigenvalue weighted by molar-refractivity contribution is 0.0739. The average Bonchev–Trinajstić information content (AvgIpc) is 2.03. The molecule has 65 valence electrons. The van der Waals surface area contributed by atoms with Crippen molar-refractivity contribution in [1.29, 1.82) is 0 Å². The third-order valence-corrected chi connectivity index (χ3v) is 2.13. The van der Waals surface area contributed by atoms with Crippen molar-refractivity contribution in [2.45, 2.75) is 20.3 Å². The van der Waals surface area contributed by atoms with Crippen molar-refractivity contribution in [2.75, 3.05) is 32.8 Å². The van der Waals surface area contributed by atoms with Gasteiger partial charge in [0.15, 0.2) is 0 Å². The van der Waals surface area contributed by atoms with Crippen molar-refractivity contribution >= 4 is 0 Å². The predicted molar refractivity (Wildman–Crippen MR) is 47.0 cm³/mol. The fourth-order valence-electron chi connectivity index (χ4n) is 1.27. The molecule has 0 saturated carbocycles. The number of hydrogen-bond acceptors (Lipinski definition) is 2. The maximum atomic E-state index is 5.26. The minimum Gasteiger partial charge on any atom is -0.369 e. The molecule has 1 heterocycles. The molecule has 0 atom stereocenters. The maximum absolute atomic E-state index is 5.26. The molecule has 0 amide bonds. The molecule has 1 aliphatic heterocycles. The van der Waals surface area contributed by atoms with E-state index in [4.69, 9.17) is 4.74 Å². The summed E-state index contributed by atoms with van der Waals surface area (Å²) < 4.78 is 5.26. The molecule has 0 aromatic heterocycles. The van der Waals surface area contributed by atoms with E-state index in [-0.39, 0.29) is 0 Å². The van der Waals surface area contributed by atoms with Crippen LogP contribution in [-0.2, 0) is 4.74 Å². The van der Waals surface area contributed by atoms with E-state index < -0.39 is 0 Å². The van der Waals surface area contributed by atoms with Gasteiger partial charge in [0, 0.05) is 6.42 Å². The molecule has 1 radical (unpaired) electrons. The topological polar surface area (TPSA) is 15.1 Å².